The van der Waals surface area contributed by atoms with Gasteiger partial charge in [0.15, 0.2) is 0 Å². The summed E-state index contributed by atoms with van der Waals surface area (Å²) in [5, 5.41) is 6.94. The van der Waals surface area contributed by atoms with Crippen LogP contribution in [0.2, 0.25) is 0 Å². The zero-order valence-corrected chi connectivity index (χ0v) is 13.3. The first-order valence-electron chi connectivity index (χ1n) is 7.94. The third kappa shape index (κ3) is 3.62. The fourth-order valence-electron chi connectivity index (χ4n) is 2.97. The minimum absolute atomic E-state index is 0.789. The van der Waals surface area contributed by atoms with E-state index in [0.29, 0.717) is 0 Å². The first kappa shape index (κ1) is 15.1. The fourth-order valence-corrected chi connectivity index (χ4v) is 2.97. The molecule has 0 saturated heterocycles. The van der Waals surface area contributed by atoms with Crippen LogP contribution in [0.5, 0.6) is 0 Å². The van der Waals surface area contributed by atoms with E-state index in [1.54, 1.807) is 0 Å². The number of nitrogens with one attached hydrogen (secondary N) is 2. The van der Waals surface area contributed by atoms with Crippen molar-refractivity contribution in [3.05, 3.63) is 11.4 Å². The largest absolute Gasteiger partial charge is 0.370 e. The van der Waals surface area contributed by atoms with Crippen molar-refractivity contribution in [2.75, 3.05) is 23.7 Å². The first-order valence-corrected chi connectivity index (χ1v) is 7.94. The molecule has 4 nitrogen and oxygen atoms in total. The molecule has 2 rings (SSSR count). The molecule has 112 valence electrons. The van der Waals surface area contributed by atoms with Crippen LogP contribution in [0.3, 0.4) is 0 Å². The summed E-state index contributed by atoms with van der Waals surface area (Å²) in [6, 6.07) is 0. The molecule has 1 aliphatic rings. The van der Waals surface area contributed by atoms with Gasteiger partial charge in [-0.05, 0) is 38.5 Å². The summed E-state index contributed by atoms with van der Waals surface area (Å²) in [6.07, 6.45) is 5.19. The van der Waals surface area contributed by atoms with Gasteiger partial charge in [0, 0.05) is 18.7 Å². The highest BCUT2D eigenvalue weighted by Crippen LogP contribution is 2.31. The van der Waals surface area contributed by atoms with Gasteiger partial charge >= 0.3 is 0 Å². The van der Waals surface area contributed by atoms with Crippen molar-refractivity contribution in [3.8, 4) is 0 Å². The lowest BCUT2D eigenvalue weighted by molar-refractivity contribution is 0.439. The van der Waals surface area contributed by atoms with Crippen LogP contribution in [0.25, 0.3) is 0 Å². The Kier molecular flexibility index (Phi) is 5.21. The van der Waals surface area contributed by atoms with Gasteiger partial charge in [-0.3, -0.25) is 0 Å². The van der Waals surface area contributed by atoms with Crippen molar-refractivity contribution >= 4 is 11.6 Å². The van der Waals surface area contributed by atoms with E-state index in [-0.39, 0.29) is 0 Å². The van der Waals surface area contributed by atoms with Gasteiger partial charge in [-0.2, -0.15) is 0 Å². The van der Waals surface area contributed by atoms with E-state index in [1.807, 2.05) is 6.92 Å². The molecule has 1 aliphatic carbocycles. The normalized spacial score (nSPS) is 22.0. The molecular weight excluding hydrogens is 248 g/mol. The van der Waals surface area contributed by atoms with E-state index >= 15 is 0 Å². The molecule has 2 unspecified atom stereocenters. The highest BCUT2D eigenvalue weighted by molar-refractivity contribution is 5.57. The van der Waals surface area contributed by atoms with Gasteiger partial charge in [0.05, 0.1) is 0 Å². The molecule has 20 heavy (non-hydrogen) atoms. The molecule has 1 heterocycles. The summed E-state index contributed by atoms with van der Waals surface area (Å²) >= 11 is 0. The van der Waals surface area contributed by atoms with E-state index in [2.05, 4.69) is 41.4 Å². The molecule has 1 aromatic heterocycles. The van der Waals surface area contributed by atoms with Crippen molar-refractivity contribution in [3.63, 3.8) is 0 Å². The molecule has 0 radical (unpaired) electrons. The van der Waals surface area contributed by atoms with Crippen LogP contribution in [0.4, 0.5) is 11.6 Å². The molecule has 2 N–H and O–H groups in total. The topological polar surface area (TPSA) is 49.8 Å². The van der Waals surface area contributed by atoms with Crippen LogP contribution in [-0.2, 0) is 0 Å². The van der Waals surface area contributed by atoms with Gasteiger partial charge in [0.1, 0.15) is 17.5 Å². The summed E-state index contributed by atoms with van der Waals surface area (Å²) < 4.78 is 0. The molecule has 1 aromatic rings. The second-order valence-corrected chi connectivity index (χ2v) is 6.07. The standard InChI is InChI=1S/C16H28N4/c1-5-9-17-15-12(3)16(20-13(4)19-15)18-10-14-8-6-7-11(14)2/h11,14H,5-10H2,1-4H3,(H2,17,18,19,20). The highest BCUT2D eigenvalue weighted by atomic mass is 15.1. The fraction of sp³-hybridized carbons (Fsp3) is 0.750. The molecule has 0 bridgehead atoms. The molecule has 0 amide bonds. The molecule has 0 aromatic carbocycles. The van der Waals surface area contributed by atoms with E-state index in [1.165, 1.54) is 19.3 Å². The molecule has 1 saturated carbocycles. The number of hydrogen-bond donors (Lipinski definition) is 2. The summed E-state index contributed by atoms with van der Waals surface area (Å²) in [5.41, 5.74) is 1.13. The first-order chi connectivity index (χ1) is 9.61. The Bertz CT molecular complexity index is 444. The Morgan fingerprint density at radius 1 is 1.10 bits per heavy atom. The van der Waals surface area contributed by atoms with Gasteiger partial charge < -0.3 is 10.6 Å². The van der Waals surface area contributed by atoms with E-state index < -0.39 is 0 Å². The summed E-state index contributed by atoms with van der Waals surface area (Å²) in [6.45, 7) is 10.6. The van der Waals surface area contributed by atoms with Crippen molar-refractivity contribution in [2.24, 2.45) is 11.8 Å². The maximum Gasteiger partial charge on any atom is 0.134 e. The van der Waals surface area contributed by atoms with Crippen LogP contribution in [0, 0.1) is 25.7 Å². The molecule has 0 aliphatic heterocycles. The number of aromatic nitrogens is 2. The lowest BCUT2D eigenvalue weighted by atomic mass is 9.98. The lowest BCUT2D eigenvalue weighted by Gasteiger charge is -2.18. The number of nitrogens with zero attached hydrogens (tertiary/aromatic N) is 2. The van der Waals surface area contributed by atoms with E-state index in [0.717, 1.165) is 54.4 Å². The Hall–Kier alpha value is -1.32. The van der Waals surface area contributed by atoms with Crippen molar-refractivity contribution in [2.45, 2.75) is 53.4 Å². The minimum Gasteiger partial charge on any atom is -0.370 e. The Morgan fingerprint density at radius 2 is 1.80 bits per heavy atom. The van der Waals surface area contributed by atoms with Crippen LogP contribution in [-0.4, -0.2) is 23.1 Å². The van der Waals surface area contributed by atoms with Gasteiger partial charge in [-0.15, -0.1) is 0 Å². The molecule has 4 heteroatoms. The van der Waals surface area contributed by atoms with Crippen molar-refractivity contribution in [1.29, 1.82) is 0 Å². The summed E-state index contributed by atoms with van der Waals surface area (Å²) in [7, 11) is 0. The van der Waals surface area contributed by atoms with Crippen LogP contribution < -0.4 is 10.6 Å². The Morgan fingerprint density at radius 3 is 2.40 bits per heavy atom. The monoisotopic (exact) mass is 276 g/mol. The Balaban J connectivity index is 2.04. The van der Waals surface area contributed by atoms with Gasteiger partial charge in [-0.1, -0.05) is 26.7 Å². The second kappa shape index (κ2) is 6.91. The van der Waals surface area contributed by atoms with E-state index in [4.69, 9.17) is 0 Å². The third-order valence-corrected chi connectivity index (χ3v) is 4.37. The smallest absolute Gasteiger partial charge is 0.134 e. The number of hydrogen-bond acceptors (Lipinski definition) is 4. The second-order valence-electron chi connectivity index (χ2n) is 6.07. The van der Waals surface area contributed by atoms with E-state index in [9.17, 15) is 0 Å². The molecular formula is C16H28N4. The van der Waals surface area contributed by atoms with Crippen LogP contribution >= 0.6 is 0 Å². The molecule has 2 atom stereocenters. The predicted molar refractivity (Wildman–Crippen MR) is 85.3 cm³/mol. The zero-order valence-electron chi connectivity index (χ0n) is 13.3. The SMILES string of the molecule is CCCNc1nc(C)nc(NCC2CCCC2C)c1C. The average Bonchev–Trinajstić information content (AvgIpc) is 2.83. The Labute approximate surface area is 122 Å². The highest BCUT2D eigenvalue weighted by Gasteiger charge is 2.23. The van der Waals surface area contributed by atoms with Crippen molar-refractivity contribution < 1.29 is 0 Å². The third-order valence-electron chi connectivity index (χ3n) is 4.37. The van der Waals surface area contributed by atoms with Crippen molar-refractivity contribution in [1.82, 2.24) is 9.97 Å². The summed E-state index contributed by atoms with van der Waals surface area (Å²) in [4.78, 5) is 9.07. The van der Waals surface area contributed by atoms with Gasteiger partial charge in [0.25, 0.3) is 0 Å². The predicted octanol–water partition coefficient (Wildman–Crippen LogP) is 3.76. The average molecular weight is 276 g/mol. The number of rotatable bonds is 6. The van der Waals surface area contributed by atoms with Gasteiger partial charge in [0.2, 0.25) is 0 Å². The number of anilines is 2. The molecule has 1 fully saturated rings. The maximum absolute atomic E-state index is 4.57. The number of aryl methyl sites for hydroxylation is 1. The minimum atomic E-state index is 0.789. The van der Waals surface area contributed by atoms with Crippen LogP contribution in [0.15, 0.2) is 0 Å². The summed E-state index contributed by atoms with van der Waals surface area (Å²) in [5.74, 6) is 4.42. The quantitative estimate of drug-likeness (QED) is 0.830. The lowest BCUT2D eigenvalue weighted by Crippen LogP contribution is -2.18. The zero-order chi connectivity index (χ0) is 14.5. The maximum atomic E-state index is 4.57. The van der Waals surface area contributed by atoms with Gasteiger partial charge in [-0.25, -0.2) is 9.97 Å². The van der Waals surface area contributed by atoms with Crippen LogP contribution in [0.1, 0.15) is 50.9 Å². The molecule has 0 spiro atoms.